The number of aliphatic carboxylic acids is 2. The molecule has 56 heavy (non-hydrogen) atoms. The molecule has 2 aromatic carbocycles. The number of nitrogens with zero attached hydrogens (tertiary/aromatic N) is 5. The fourth-order valence-electron chi connectivity index (χ4n) is 5.00. The number of benzene rings is 2. The maximum Gasteiger partial charge on any atom is 0.328 e. The van der Waals surface area contributed by atoms with Gasteiger partial charge in [0.05, 0.1) is 11.4 Å². The van der Waals surface area contributed by atoms with E-state index < -0.39 is 37.8 Å². The van der Waals surface area contributed by atoms with E-state index in [9.17, 15) is 40.9 Å². The maximum atomic E-state index is 14.4. The van der Waals surface area contributed by atoms with Crippen molar-refractivity contribution in [2.75, 3.05) is 7.05 Å². The third-order valence-electron chi connectivity index (χ3n) is 7.41. The van der Waals surface area contributed by atoms with Crippen LogP contribution in [0.25, 0.3) is 22.5 Å². The zero-order chi connectivity index (χ0) is 40.9. The van der Waals surface area contributed by atoms with Gasteiger partial charge in [0.1, 0.15) is 27.4 Å². The third kappa shape index (κ3) is 9.91. The van der Waals surface area contributed by atoms with Crippen LogP contribution in [0.2, 0.25) is 0 Å². The molecular weight excluding hydrogens is 768 g/mol. The van der Waals surface area contributed by atoms with E-state index in [-0.39, 0.29) is 33.3 Å². The second kappa shape index (κ2) is 18.8. The Morgan fingerprint density at radius 1 is 0.821 bits per heavy atom. The predicted octanol–water partition coefficient (Wildman–Crippen LogP) is 4.83. The Morgan fingerprint density at radius 2 is 1.39 bits per heavy atom. The topological polar surface area (TPSA) is 231 Å². The van der Waals surface area contributed by atoms with Gasteiger partial charge in [0.15, 0.2) is 6.29 Å². The van der Waals surface area contributed by atoms with Crippen LogP contribution >= 0.6 is 0 Å². The van der Waals surface area contributed by atoms with Gasteiger partial charge in [0, 0.05) is 66.4 Å². The minimum atomic E-state index is -4.14. The predicted molar refractivity (Wildman–Crippen MR) is 201 cm³/mol. The van der Waals surface area contributed by atoms with Crippen molar-refractivity contribution in [3.05, 3.63) is 157 Å². The summed E-state index contributed by atoms with van der Waals surface area (Å²) in [7, 11) is -6.27. The normalized spacial score (nSPS) is 11.0. The Morgan fingerprint density at radius 3 is 1.89 bits per heavy atom. The van der Waals surface area contributed by atoms with Gasteiger partial charge in [-0.05, 0) is 61.1 Å². The first-order chi connectivity index (χ1) is 26.8. The van der Waals surface area contributed by atoms with Crippen LogP contribution in [0.1, 0.15) is 21.6 Å². The van der Waals surface area contributed by atoms with Crippen molar-refractivity contribution in [2.45, 2.75) is 16.3 Å². The number of nitrogens with one attached hydrogen (secondary N) is 1. The molecule has 286 valence electrons. The summed E-state index contributed by atoms with van der Waals surface area (Å²) in [6.07, 6.45) is 8.49. The molecule has 0 atom stereocenters. The summed E-state index contributed by atoms with van der Waals surface area (Å²) < 4.78 is 68.2. The molecule has 3 N–H and O–H groups in total. The molecule has 0 aliphatic rings. The first-order valence-electron chi connectivity index (χ1n) is 16.0. The number of aromatic nitrogens is 4. The molecule has 0 amide bonds. The van der Waals surface area contributed by atoms with Crippen LogP contribution in [0.15, 0.2) is 144 Å². The van der Waals surface area contributed by atoms with E-state index in [1.807, 2.05) is 24.3 Å². The molecule has 0 aliphatic carbocycles. The van der Waals surface area contributed by atoms with Crippen molar-refractivity contribution in [3.8, 4) is 28.6 Å². The molecule has 6 aromatic rings. The van der Waals surface area contributed by atoms with Crippen molar-refractivity contribution < 1.29 is 45.8 Å². The van der Waals surface area contributed by atoms with E-state index in [0.29, 0.717) is 40.8 Å². The van der Waals surface area contributed by atoms with Crippen molar-refractivity contribution in [1.82, 2.24) is 23.2 Å². The summed E-state index contributed by atoms with van der Waals surface area (Å²) in [6, 6.07) is 25.8. The minimum Gasteiger partial charge on any atom is -0.478 e. The Bertz CT molecular complexity index is 2610. The number of carboxylic acid groups (broad SMARTS) is 2. The SMILES string of the molecule is CNCc1cc(-c2ccccc2F)n(S(=O)(=O)c2cccnc2)c1C#N.O=C(O)/C=C/C(=O)O.O=Cc1cc(-c2ccccc2)n(S(=O)(=O)c2cccnc2)c1. The molecule has 6 rings (SSSR count). The second-order valence-electron chi connectivity index (χ2n) is 11.1. The lowest BCUT2D eigenvalue weighted by molar-refractivity contribution is -0.134. The number of pyridine rings is 2. The summed E-state index contributed by atoms with van der Waals surface area (Å²) in [4.78, 5) is 37.8. The van der Waals surface area contributed by atoms with Gasteiger partial charge in [-0.25, -0.2) is 38.8 Å². The molecule has 0 spiro atoms. The summed E-state index contributed by atoms with van der Waals surface area (Å²) in [5.74, 6) is -3.09. The van der Waals surface area contributed by atoms with Crippen molar-refractivity contribution in [1.29, 1.82) is 5.26 Å². The number of halogens is 1. The molecule has 0 saturated carbocycles. The van der Waals surface area contributed by atoms with Crippen molar-refractivity contribution in [2.24, 2.45) is 0 Å². The number of hydrogen-bond acceptors (Lipinski definition) is 11. The van der Waals surface area contributed by atoms with Gasteiger partial charge < -0.3 is 15.5 Å². The summed E-state index contributed by atoms with van der Waals surface area (Å²) in [5.41, 5.74) is 2.02. The Hall–Kier alpha value is -7.07. The van der Waals surface area contributed by atoms with Gasteiger partial charge in [-0.15, -0.1) is 0 Å². The average Bonchev–Trinajstić information content (AvgIpc) is 3.82. The van der Waals surface area contributed by atoms with Crippen LogP contribution in [0.4, 0.5) is 4.39 Å². The molecule has 0 saturated heterocycles. The lowest BCUT2D eigenvalue weighted by Gasteiger charge is -2.12. The molecule has 4 aromatic heterocycles. The molecule has 18 heteroatoms. The second-order valence-corrected chi connectivity index (χ2v) is 14.7. The summed E-state index contributed by atoms with van der Waals surface area (Å²) in [5, 5.41) is 28.1. The fraction of sp³-hybridized carbons (Fsp3) is 0.0526. The first-order valence-corrected chi connectivity index (χ1v) is 18.9. The van der Waals surface area contributed by atoms with E-state index in [4.69, 9.17) is 10.2 Å². The summed E-state index contributed by atoms with van der Waals surface area (Å²) in [6.45, 7) is 0.264. The van der Waals surface area contributed by atoms with Crippen LogP contribution in [0.3, 0.4) is 0 Å². The number of nitriles is 1. The quantitative estimate of drug-likeness (QED) is 0.118. The molecule has 0 fully saturated rings. The lowest BCUT2D eigenvalue weighted by Crippen LogP contribution is -2.17. The highest BCUT2D eigenvalue weighted by Gasteiger charge is 2.28. The van der Waals surface area contributed by atoms with Crippen LogP contribution < -0.4 is 5.32 Å². The molecular formula is C38H31FN6O9S2. The smallest absolute Gasteiger partial charge is 0.328 e. The van der Waals surface area contributed by atoms with Crippen molar-refractivity contribution >= 4 is 38.3 Å². The number of rotatable bonds is 11. The van der Waals surface area contributed by atoms with Gasteiger partial charge in [-0.3, -0.25) is 14.8 Å². The Kier molecular flexibility index (Phi) is 14.0. The van der Waals surface area contributed by atoms with Crippen LogP contribution in [0.5, 0.6) is 0 Å². The largest absolute Gasteiger partial charge is 0.478 e. The van der Waals surface area contributed by atoms with E-state index in [2.05, 4.69) is 15.3 Å². The van der Waals surface area contributed by atoms with E-state index in [1.165, 1.54) is 73.4 Å². The standard InChI is InChI=1S/C18H15FN4O2S.C16H12N2O3S.C4H4O4/c1-21-11-13-9-17(15-6-2-3-7-16(15)19)23(18(13)10-20)26(24,25)14-5-4-8-22-12-14;19-12-13-9-16(14-5-2-1-3-6-14)18(11-13)22(20,21)15-7-4-8-17-10-15;5-3(6)1-2-4(7)8/h2-9,12,21H,11H2,1H3;1-12H;1-2H,(H,5,6)(H,7,8)/b;;2-1+. The van der Waals surface area contributed by atoms with Crippen LogP contribution in [-0.4, -0.2) is 70.2 Å². The molecule has 0 bridgehead atoms. The molecule has 15 nitrogen and oxygen atoms in total. The Balaban J connectivity index is 0.000000211. The van der Waals surface area contributed by atoms with E-state index >= 15 is 0 Å². The number of carbonyl (C=O) groups is 3. The zero-order valence-electron chi connectivity index (χ0n) is 29.2. The van der Waals surface area contributed by atoms with Gasteiger partial charge in [-0.1, -0.05) is 42.5 Å². The molecule has 0 aliphatic heterocycles. The van der Waals surface area contributed by atoms with Gasteiger partial charge >= 0.3 is 11.9 Å². The molecule has 4 heterocycles. The molecule has 0 radical (unpaired) electrons. The van der Waals surface area contributed by atoms with Crippen LogP contribution in [0, 0.1) is 17.1 Å². The van der Waals surface area contributed by atoms with Gasteiger partial charge in [0.25, 0.3) is 20.0 Å². The van der Waals surface area contributed by atoms with Gasteiger partial charge in [0.2, 0.25) is 0 Å². The number of carboxylic acids is 2. The number of hydrogen-bond donors (Lipinski definition) is 3. The number of carbonyl (C=O) groups excluding carboxylic acids is 1. The third-order valence-corrected chi connectivity index (χ3v) is 10.8. The molecule has 0 unspecified atom stereocenters. The number of aldehydes is 1. The highest BCUT2D eigenvalue weighted by molar-refractivity contribution is 7.90. The highest BCUT2D eigenvalue weighted by atomic mass is 32.2. The maximum absolute atomic E-state index is 14.4. The monoisotopic (exact) mass is 798 g/mol. The minimum absolute atomic E-state index is 0.0681. The lowest BCUT2D eigenvalue weighted by atomic mass is 10.1. The van der Waals surface area contributed by atoms with Crippen molar-refractivity contribution in [3.63, 3.8) is 0 Å². The van der Waals surface area contributed by atoms with E-state index in [0.717, 1.165) is 7.94 Å². The average molecular weight is 799 g/mol. The highest BCUT2D eigenvalue weighted by Crippen LogP contribution is 2.32. The first kappa shape index (κ1) is 41.7. The zero-order valence-corrected chi connectivity index (χ0v) is 30.8. The van der Waals surface area contributed by atoms with Gasteiger partial charge in [-0.2, -0.15) is 5.26 Å². The van der Waals surface area contributed by atoms with Crippen LogP contribution in [-0.2, 0) is 36.2 Å². The fourth-order valence-corrected chi connectivity index (χ4v) is 7.81. The summed E-state index contributed by atoms with van der Waals surface area (Å²) >= 11 is 0. The van der Waals surface area contributed by atoms with E-state index in [1.54, 1.807) is 37.4 Å². The Labute approximate surface area is 320 Å².